The first kappa shape index (κ1) is 16.5. The van der Waals surface area contributed by atoms with Gasteiger partial charge in [0.1, 0.15) is 0 Å². The molecule has 2 rings (SSSR count). The van der Waals surface area contributed by atoms with Crippen molar-refractivity contribution in [3.05, 3.63) is 62.0 Å². The molecule has 2 aromatic carbocycles. The summed E-state index contributed by atoms with van der Waals surface area (Å²) >= 11 is 15.3. The fourth-order valence-corrected chi connectivity index (χ4v) is 3.19. The molecule has 0 heterocycles. The van der Waals surface area contributed by atoms with Crippen molar-refractivity contribution in [2.24, 2.45) is 0 Å². The molecule has 0 amide bonds. The fraction of sp³-hybridized carbons (Fsp3) is 0.143. The lowest BCUT2D eigenvalue weighted by Gasteiger charge is -2.15. The number of rotatable bonds is 3. The molecule has 0 aliphatic heterocycles. The molecule has 0 fully saturated rings. The highest BCUT2D eigenvalue weighted by molar-refractivity contribution is 9.10. The second-order valence-corrected chi connectivity index (χ2v) is 5.98. The fourth-order valence-electron chi connectivity index (χ4n) is 1.85. The molecule has 0 atom stereocenters. The topological polar surface area (TPSA) is 12.0 Å². The molecule has 0 aliphatic carbocycles. The zero-order valence-electron chi connectivity index (χ0n) is 10.4. The summed E-state index contributed by atoms with van der Waals surface area (Å²) < 4.78 is 39.4. The van der Waals surface area contributed by atoms with Crippen LogP contribution in [0.15, 0.2) is 40.9 Å². The molecule has 112 valence electrons. The van der Waals surface area contributed by atoms with E-state index in [1.807, 2.05) is 0 Å². The number of anilines is 1. The molecule has 0 saturated heterocycles. The lowest BCUT2D eigenvalue weighted by Crippen LogP contribution is -2.11. The van der Waals surface area contributed by atoms with Crippen LogP contribution in [0, 0.1) is 0 Å². The maximum absolute atomic E-state index is 12.9. The van der Waals surface area contributed by atoms with Crippen molar-refractivity contribution in [3.63, 3.8) is 0 Å². The Hall–Kier alpha value is -0.910. The molecular formula is C14H9BrCl2F3N. The molecule has 7 heteroatoms. The number of nitrogens with one attached hydrogen (secondary N) is 1. The summed E-state index contributed by atoms with van der Waals surface area (Å²) in [6.07, 6.45) is -4.40. The van der Waals surface area contributed by atoms with Crippen molar-refractivity contribution < 1.29 is 13.2 Å². The quantitative estimate of drug-likeness (QED) is 0.631. The predicted octanol–water partition coefficient (Wildman–Crippen LogP) is 6.39. The van der Waals surface area contributed by atoms with Crippen molar-refractivity contribution in [3.8, 4) is 0 Å². The van der Waals surface area contributed by atoms with E-state index in [0.29, 0.717) is 20.2 Å². The van der Waals surface area contributed by atoms with Crippen LogP contribution in [-0.4, -0.2) is 0 Å². The SMILES string of the molecule is FC(F)(F)c1ccccc1CNc1c(Cl)cc(Br)cc1Cl. The van der Waals surface area contributed by atoms with Gasteiger partial charge in [0.25, 0.3) is 0 Å². The Bertz CT molecular complexity index is 636. The van der Waals surface area contributed by atoms with E-state index in [-0.39, 0.29) is 12.1 Å². The van der Waals surface area contributed by atoms with Crippen molar-refractivity contribution in [1.29, 1.82) is 0 Å². The molecule has 0 bridgehead atoms. The van der Waals surface area contributed by atoms with Crippen LogP contribution in [0.4, 0.5) is 18.9 Å². The Kier molecular flexibility index (Phi) is 5.07. The maximum atomic E-state index is 12.9. The molecule has 2 aromatic rings. The van der Waals surface area contributed by atoms with Gasteiger partial charge < -0.3 is 5.32 Å². The third-order valence-electron chi connectivity index (χ3n) is 2.79. The largest absolute Gasteiger partial charge is 0.416 e. The average molecular weight is 399 g/mol. The molecule has 0 unspecified atom stereocenters. The van der Waals surface area contributed by atoms with Crippen LogP contribution < -0.4 is 5.32 Å². The van der Waals surface area contributed by atoms with Gasteiger partial charge >= 0.3 is 6.18 Å². The lowest BCUT2D eigenvalue weighted by molar-refractivity contribution is -0.138. The second kappa shape index (κ2) is 6.46. The smallest absolute Gasteiger partial charge is 0.379 e. The maximum Gasteiger partial charge on any atom is 0.416 e. The highest BCUT2D eigenvalue weighted by Crippen LogP contribution is 2.36. The minimum absolute atomic E-state index is 0.0310. The predicted molar refractivity (Wildman–Crippen MR) is 82.9 cm³/mol. The van der Waals surface area contributed by atoms with Crippen LogP contribution in [0.3, 0.4) is 0 Å². The van der Waals surface area contributed by atoms with Crippen LogP contribution in [0.5, 0.6) is 0 Å². The van der Waals surface area contributed by atoms with Gasteiger partial charge in [-0.15, -0.1) is 0 Å². The first-order valence-corrected chi connectivity index (χ1v) is 7.37. The van der Waals surface area contributed by atoms with E-state index in [1.54, 1.807) is 18.2 Å². The molecule has 1 nitrogen and oxygen atoms in total. The van der Waals surface area contributed by atoms with Gasteiger partial charge in [-0.1, -0.05) is 57.3 Å². The van der Waals surface area contributed by atoms with E-state index < -0.39 is 11.7 Å². The Morgan fingerprint density at radius 3 is 2.19 bits per heavy atom. The van der Waals surface area contributed by atoms with Crippen molar-refractivity contribution >= 4 is 44.8 Å². The summed E-state index contributed by atoms with van der Waals surface area (Å²) in [5.74, 6) is 0. The van der Waals surface area contributed by atoms with Crippen LogP contribution in [-0.2, 0) is 12.7 Å². The lowest BCUT2D eigenvalue weighted by atomic mass is 10.1. The Morgan fingerprint density at radius 2 is 1.62 bits per heavy atom. The summed E-state index contributed by atoms with van der Waals surface area (Å²) in [6, 6.07) is 8.60. The Balaban J connectivity index is 2.26. The summed E-state index contributed by atoms with van der Waals surface area (Å²) in [5.41, 5.74) is -0.152. The van der Waals surface area contributed by atoms with E-state index in [0.717, 1.165) is 6.07 Å². The van der Waals surface area contributed by atoms with Gasteiger partial charge in [-0.05, 0) is 23.8 Å². The summed E-state index contributed by atoms with van der Waals surface area (Å²) in [7, 11) is 0. The third-order valence-corrected chi connectivity index (χ3v) is 3.84. The molecule has 0 aliphatic rings. The average Bonchev–Trinajstić information content (AvgIpc) is 2.36. The van der Waals surface area contributed by atoms with Gasteiger partial charge in [-0.3, -0.25) is 0 Å². The monoisotopic (exact) mass is 397 g/mol. The zero-order valence-corrected chi connectivity index (χ0v) is 13.5. The van der Waals surface area contributed by atoms with E-state index in [9.17, 15) is 13.2 Å². The number of halogens is 6. The van der Waals surface area contributed by atoms with Crippen LogP contribution >= 0.6 is 39.1 Å². The van der Waals surface area contributed by atoms with E-state index in [4.69, 9.17) is 23.2 Å². The van der Waals surface area contributed by atoms with Gasteiger partial charge in [-0.2, -0.15) is 13.2 Å². The van der Waals surface area contributed by atoms with Gasteiger partial charge in [-0.25, -0.2) is 0 Å². The minimum atomic E-state index is -4.40. The first-order valence-electron chi connectivity index (χ1n) is 5.82. The van der Waals surface area contributed by atoms with Crippen molar-refractivity contribution in [2.75, 3.05) is 5.32 Å². The van der Waals surface area contributed by atoms with E-state index >= 15 is 0 Å². The third kappa shape index (κ3) is 4.05. The molecular weight excluding hydrogens is 390 g/mol. The summed E-state index contributed by atoms with van der Waals surface area (Å²) in [4.78, 5) is 0. The number of hydrogen-bond acceptors (Lipinski definition) is 1. The second-order valence-electron chi connectivity index (χ2n) is 4.25. The number of benzene rings is 2. The molecule has 0 radical (unpaired) electrons. The van der Waals surface area contributed by atoms with Crippen molar-refractivity contribution in [2.45, 2.75) is 12.7 Å². The van der Waals surface area contributed by atoms with Crippen LogP contribution in [0.25, 0.3) is 0 Å². The molecule has 0 saturated carbocycles. The highest BCUT2D eigenvalue weighted by atomic mass is 79.9. The Morgan fingerprint density at radius 1 is 1.05 bits per heavy atom. The standard InChI is InChI=1S/C14H9BrCl2F3N/c15-9-5-11(16)13(12(17)6-9)21-7-8-3-1-2-4-10(8)14(18,19)20/h1-6,21H,7H2. The highest BCUT2D eigenvalue weighted by Gasteiger charge is 2.32. The zero-order chi connectivity index (χ0) is 15.6. The van der Waals surface area contributed by atoms with Gasteiger partial charge in [0.05, 0.1) is 21.3 Å². The van der Waals surface area contributed by atoms with Gasteiger partial charge in [0.15, 0.2) is 0 Å². The van der Waals surface area contributed by atoms with Crippen LogP contribution in [0.2, 0.25) is 10.0 Å². The van der Waals surface area contributed by atoms with Crippen LogP contribution in [0.1, 0.15) is 11.1 Å². The van der Waals surface area contributed by atoms with Crippen molar-refractivity contribution in [1.82, 2.24) is 0 Å². The van der Waals surface area contributed by atoms with E-state index in [2.05, 4.69) is 21.2 Å². The molecule has 1 N–H and O–H groups in total. The number of alkyl halides is 3. The van der Waals surface area contributed by atoms with Gasteiger partial charge in [0, 0.05) is 11.0 Å². The molecule has 0 aromatic heterocycles. The first-order chi connectivity index (χ1) is 9.79. The Labute approximate surface area is 138 Å². The number of hydrogen-bond donors (Lipinski definition) is 1. The minimum Gasteiger partial charge on any atom is -0.379 e. The summed E-state index contributed by atoms with van der Waals surface area (Å²) in [5, 5.41) is 3.52. The molecule has 0 spiro atoms. The molecule has 21 heavy (non-hydrogen) atoms. The summed E-state index contributed by atoms with van der Waals surface area (Å²) in [6.45, 7) is -0.0310. The normalized spacial score (nSPS) is 11.5. The van der Waals surface area contributed by atoms with Gasteiger partial charge in [0.2, 0.25) is 0 Å². The van der Waals surface area contributed by atoms with E-state index in [1.165, 1.54) is 12.1 Å².